The van der Waals surface area contributed by atoms with Crippen molar-refractivity contribution < 1.29 is 19.5 Å². The van der Waals surface area contributed by atoms with Gasteiger partial charge in [0.05, 0.1) is 15.1 Å². The minimum atomic E-state index is -0.602. The van der Waals surface area contributed by atoms with Gasteiger partial charge in [-0.05, 0) is 29.8 Å². The molecule has 0 radical (unpaired) electrons. The van der Waals surface area contributed by atoms with Gasteiger partial charge in [0.25, 0.3) is 0 Å². The Morgan fingerprint density at radius 1 is 0.523 bits per heavy atom. The maximum Gasteiger partial charge on any atom is 0.164 e. The predicted octanol–water partition coefficient (Wildman–Crippen LogP) is 10.8. The van der Waals surface area contributed by atoms with Crippen LogP contribution < -0.4 is 0 Å². The van der Waals surface area contributed by atoms with Crippen LogP contribution >= 0.6 is 11.3 Å². The molecule has 0 spiro atoms. The van der Waals surface area contributed by atoms with E-state index < -0.39 is 54.4 Å². The van der Waals surface area contributed by atoms with Crippen LogP contribution in [0, 0.1) is 0 Å². The number of aromatic nitrogens is 3. The minimum absolute atomic E-state index is 0.0153. The van der Waals surface area contributed by atoms with Crippen LogP contribution in [0.4, 0.5) is 0 Å². The number of hydrogen-bond acceptors (Lipinski definition) is 5. The van der Waals surface area contributed by atoms with Gasteiger partial charge >= 0.3 is 0 Å². The van der Waals surface area contributed by atoms with Crippen molar-refractivity contribution in [3.63, 3.8) is 0 Å². The maximum atomic E-state index is 9.44. The van der Waals surface area contributed by atoms with Crippen LogP contribution in [-0.4, -0.2) is 15.0 Å². The van der Waals surface area contributed by atoms with Gasteiger partial charge in [-0.2, -0.15) is 0 Å². The van der Waals surface area contributed by atoms with E-state index in [1.165, 1.54) is 0 Å². The molecule has 5 heteroatoms. The quantitative estimate of drug-likeness (QED) is 0.204. The zero-order chi connectivity index (χ0) is 38.6. The highest BCUT2D eigenvalue weighted by molar-refractivity contribution is 7.25. The zero-order valence-corrected chi connectivity index (χ0v) is 23.4. The molecule has 3 heterocycles. The largest absolute Gasteiger partial charge is 0.455 e. The van der Waals surface area contributed by atoms with Gasteiger partial charge < -0.3 is 4.42 Å². The molecule has 0 saturated heterocycles. The molecule has 0 aliphatic heterocycles. The van der Waals surface area contributed by atoms with E-state index in [1.807, 2.05) is 42.5 Å². The molecule has 6 aromatic carbocycles. The molecule has 9 aromatic rings. The van der Waals surface area contributed by atoms with Gasteiger partial charge in [-0.25, -0.2) is 15.0 Å². The number of thiophene rings is 1. The molecule has 0 unspecified atom stereocenters. The fraction of sp³-hybridized carbons (Fsp3) is 0. The van der Waals surface area contributed by atoms with Crippen LogP contribution in [0.1, 0.15) is 15.1 Å². The Kier molecular flexibility index (Phi) is 3.69. The standard InChI is InChI=1S/C39H23N3OS/c1-3-11-24(12-4-1)37-40-38(25-13-5-2-6-14-25)42-39(41-37)26-21-22-27-29-17-9-18-30(36(29)43-32(27)23-26)28-16-10-20-34-35(28)31-15-7-8-19-33(31)44-34/h1-23H/i1D,3D,4D,9D,11D,12D,17D,18D,21D,22D,23D. The van der Waals surface area contributed by atoms with E-state index in [0.29, 0.717) is 11.1 Å². The molecule has 206 valence electrons. The molecule has 0 fully saturated rings. The topological polar surface area (TPSA) is 51.8 Å². The van der Waals surface area contributed by atoms with E-state index in [1.54, 1.807) is 41.7 Å². The van der Waals surface area contributed by atoms with Crippen LogP contribution in [0.15, 0.2) is 144 Å². The van der Waals surface area contributed by atoms with Crippen molar-refractivity contribution in [3.8, 4) is 45.3 Å². The first kappa shape index (κ1) is 16.3. The number of nitrogens with zero attached hydrogens (tertiary/aromatic N) is 3. The molecular weight excluding hydrogens is 559 g/mol. The van der Waals surface area contributed by atoms with Crippen molar-refractivity contribution in [3.05, 3.63) is 139 Å². The molecule has 0 saturated carbocycles. The summed E-state index contributed by atoms with van der Waals surface area (Å²) in [5, 5.41) is 1.72. The Hall–Kier alpha value is -5.65. The molecular formula is C39H23N3OS. The maximum absolute atomic E-state index is 9.44. The summed E-state index contributed by atoms with van der Waals surface area (Å²) in [6, 6.07) is 16.7. The Morgan fingerprint density at radius 2 is 1.27 bits per heavy atom. The number of rotatable bonds is 4. The molecule has 0 aliphatic rings. The van der Waals surface area contributed by atoms with Gasteiger partial charge in [0.1, 0.15) is 11.2 Å². The smallest absolute Gasteiger partial charge is 0.164 e. The van der Waals surface area contributed by atoms with Crippen LogP contribution in [0.2, 0.25) is 0 Å². The molecule has 3 aromatic heterocycles. The van der Waals surface area contributed by atoms with Gasteiger partial charge in [0.15, 0.2) is 17.5 Å². The first-order valence-electron chi connectivity index (χ1n) is 19.1. The first-order chi connectivity index (χ1) is 26.4. The highest BCUT2D eigenvalue weighted by Gasteiger charge is 2.18. The van der Waals surface area contributed by atoms with Gasteiger partial charge in [0, 0.05) is 53.2 Å². The average molecular weight is 593 g/mol. The summed E-state index contributed by atoms with van der Waals surface area (Å²) in [5.74, 6) is -0.572. The fourth-order valence-electron chi connectivity index (χ4n) is 5.38. The Morgan fingerprint density at radius 3 is 2.14 bits per heavy atom. The van der Waals surface area contributed by atoms with E-state index in [-0.39, 0.29) is 68.2 Å². The lowest BCUT2D eigenvalue weighted by atomic mass is 9.97. The van der Waals surface area contributed by atoms with Crippen molar-refractivity contribution in [2.45, 2.75) is 0 Å². The third kappa shape index (κ3) is 4.02. The van der Waals surface area contributed by atoms with Gasteiger partial charge in [-0.3, -0.25) is 0 Å². The third-order valence-corrected chi connectivity index (χ3v) is 8.48. The molecule has 0 bridgehead atoms. The fourth-order valence-corrected chi connectivity index (χ4v) is 6.51. The molecule has 44 heavy (non-hydrogen) atoms. The number of benzene rings is 6. The van der Waals surface area contributed by atoms with Crippen molar-refractivity contribution in [2.24, 2.45) is 0 Å². The molecule has 0 aliphatic carbocycles. The molecule has 0 amide bonds. The van der Waals surface area contributed by atoms with Crippen molar-refractivity contribution in [2.75, 3.05) is 0 Å². The second kappa shape index (κ2) is 9.97. The van der Waals surface area contributed by atoms with E-state index in [2.05, 4.69) is 15.0 Å². The van der Waals surface area contributed by atoms with Gasteiger partial charge in [-0.15, -0.1) is 11.3 Å². The number of fused-ring (bicyclic) bond motifs is 6. The molecule has 0 N–H and O–H groups in total. The van der Waals surface area contributed by atoms with E-state index in [4.69, 9.17) is 15.4 Å². The number of hydrogen-bond donors (Lipinski definition) is 0. The minimum Gasteiger partial charge on any atom is -0.455 e. The Balaban J connectivity index is 1.37. The SMILES string of the molecule is [2H]c1c([2H])c([2H])c(-c2nc(-c3ccccc3)nc(-c3c([2H])c([2H])c4c(oc5c(-c6cccc7sc8ccccc8c67)c([2H])c([2H])c([2H])c54)c3[2H])n2)c([2H])c1[2H]. The van der Waals surface area contributed by atoms with Crippen molar-refractivity contribution >= 4 is 53.4 Å². The lowest BCUT2D eigenvalue weighted by molar-refractivity contribution is 0.670. The number of para-hydroxylation sites is 1. The lowest BCUT2D eigenvalue weighted by Gasteiger charge is -2.08. The summed E-state index contributed by atoms with van der Waals surface area (Å²) in [7, 11) is 0. The monoisotopic (exact) mass is 592 g/mol. The average Bonchev–Trinajstić information content (AvgIpc) is 3.78. The second-order valence-electron chi connectivity index (χ2n) is 9.96. The second-order valence-corrected chi connectivity index (χ2v) is 11.0. The lowest BCUT2D eigenvalue weighted by Crippen LogP contribution is -2.00. The van der Waals surface area contributed by atoms with Crippen LogP contribution in [0.3, 0.4) is 0 Å². The van der Waals surface area contributed by atoms with Crippen LogP contribution in [-0.2, 0) is 0 Å². The highest BCUT2D eigenvalue weighted by atomic mass is 32.1. The summed E-state index contributed by atoms with van der Waals surface area (Å²) in [6.07, 6.45) is 0. The van der Waals surface area contributed by atoms with E-state index in [9.17, 15) is 4.11 Å². The summed E-state index contributed by atoms with van der Waals surface area (Å²) >= 11 is 1.57. The Bertz CT molecular complexity index is 3100. The van der Waals surface area contributed by atoms with Gasteiger partial charge in [-0.1, -0.05) is 115 Å². The summed E-state index contributed by atoms with van der Waals surface area (Å²) in [4.78, 5) is 13.5. The third-order valence-electron chi connectivity index (χ3n) is 7.35. The number of furan rings is 1. The highest BCUT2D eigenvalue weighted by Crippen LogP contribution is 2.43. The zero-order valence-electron chi connectivity index (χ0n) is 33.6. The van der Waals surface area contributed by atoms with Crippen molar-refractivity contribution in [1.82, 2.24) is 15.0 Å². The van der Waals surface area contributed by atoms with Crippen LogP contribution in [0.25, 0.3) is 87.4 Å². The molecule has 4 nitrogen and oxygen atoms in total. The summed E-state index contributed by atoms with van der Waals surface area (Å²) in [6.45, 7) is 0. The van der Waals surface area contributed by atoms with E-state index in [0.717, 1.165) is 20.2 Å². The first-order valence-corrected chi connectivity index (χ1v) is 14.5. The van der Waals surface area contributed by atoms with Crippen molar-refractivity contribution in [1.29, 1.82) is 0 Å². The summed E-state index contributed by atoms with van der Waals surface area (Å²) in [5.41, 5.74) is 0.505. The van der Waals surface area contributed by atoms with E-state index >= 15 is 0 Å². The van der Waals surface area contributed by atoms with Gasteiger partial charge in [0.2, 0.25) is 0 Å². The summed E-state index contributed by atoms with van der Waals surface area (Å²) < 4.78 is 105. The predicted molar refractivity (Wildman–Crippen MR) is 182 cm³/mol. The molecule has 0 atom stereocenters. The Labute approximate surface area is 272 Å². The van der Waals surface area contributed by atoms with Crippen LogP contribution in [0.5, 0.6) is 0 Å². The normalized spacial score (nSPS) is 15.1. The molecule has 9 rings (SSSR count).